The monoisotopic (exact) mass is 246 g/mol. The third-order valence-electron chi connectivity index (χ3n) is 2.47. The van der Waals surface area contributed by atoms with Crippen LogP contribution in [0.3, 0.4) is 0 Å². The van der Waals surface area contributed by atoms with E-state index < -0.39 is 24.0 Å². The van der Waals surface area contributed by atoms with Crippen LogP contribution in [0.5, 0.6) is 0 Å². The van der Waals surface area contributed by atoms with E-state index in [2.05, 4.69) is 4.74 Å². The van der Waals surface area contributed by atoms with Crippen LogP contribution in [0.25, 0.3) is 0 Å². The number of carbonyl (C=O) groups excluding carboxylic acids is 2. The number of ketones is 1. The topological polar surface area (TPSA) is 82.1 Å². The van der Waals surface area contributed by atoms with Crippen LogP contribution in [0, 0.1) is 0 Å². The minimum Gasteiger partial charge on any atom is -0.469 e. The van der Waals surface area contributed by atoms with Gasteiger partial charge in [0.1, 0.15) is 18.3 Å². The fourth-order valence-electron chi connectivity index (χ4n) is 1.58. The van der Waals surface area contributed by atoms with Gasteiger partial charge in [-0.3, -0.25) is 9.59 Å². The molecule has 1 heterocycles. The lowest BCUT2D eigenvalue weighted by atomic mass is 10.1. The van der Waals surface area contributed by atoms with Crippen LogP contribution >= 0.6 is 0 Å². The number of methoxy groups -OCH3 is 1. The SMILES string of the molecule is COC(=O)CC(=O)CC(O)[C@@H]1COC(C)(C)O1. The average molecular weight is 246 g/mol. The first-order valence-corrected chi connectivity index (χ1v) is 5.42. The predicted molar refractivity (Wildman–Crippen MR) is 57.2 cm³/mol. The van der Waals surface area contributed by atoms with E-state index in [0.29, 0.717) is 0 Å². The van der Waals surface area contributed by atoms with Crippen LogP contribution in [0.4, 0.5) is 0 Å². The highest BCUT2D eigenvalue weighted by Crippen LogP contribution is 2.25. The number of aliphatic hydroxyl groups excluding tert-OH is 1. The molecular weight excluding hydrogens is 228 g/mol. The Balaban J connectivity index is 2.37. The second-order valence-electron chi connectivity index (χ2n) is 4.43. The van der Waals surface area contributed by atoms with Gasteiger partial charge < -0.3 is 19.3 Å². The van der Waals surface area contributed by atoms with E-state index in [1.54, 1.807) is 13.8 Å². The maximum absolute atomic E-state index is 11.4. The van der Waals surface area contributed by atoms with E-state index in [1.807, 2.05) is 0 Å². The molecule has 98 valence electrons. The smallest absolute Gasteiger partial charge is 0.313 e. The van der Waals surface area contributed by atoms with Gasteiger partial charge in [0.15, 0.2) is 5.79 Å². The predicted octanol–water partition coefficient (Wildman–Crippen LogP) is 0.0211. The maximum Gasteiger partial charge on any atom is 0.313 e. The summed E-state index contributed by atoms with van der Waals surface area (Å²) in [5, 5.41) is 9.76. The molecule has 2 atom stereocenters. The molecule has 1 saturated heterocycles. The van der Waals surface area contributed by atoms with Crippen molar-refractivity contribution in [1.29, 1.82) is 0 Å². The van der Waals surface area contributed by atoms with Gasteiger partial charge in [-0.25, -0.2) is 0 Å². The van der Waals surface area contributed by atoms with E-state index in [9.17, 15) is 14.7 Å². The number of rotatable bonds is 5. The van der Waals surface area contributed by atoms with E-state index >= 15 is 0 Å². The Hall–Kier alpha value is -0.980. The normalized spacial score (nSPS) is 24.4. The molecule has 6 heteroatoms. The fourth-order valence-corrected chi connectivity index (χ4v) is 1.58. The molecule has 1 N–H and O–H groups in total. The van der Waals surface area contributed by atoms with E-state index in [4.69, 9.17) is 9.47 Å². The standard InChI is InChI=1S/C11H18O6/c1-11(2)16-6-9(17-11)8(13)4-7(12)5-10(14)15-3/h8-9,13H,4-6H2,1-3H3/t8?,9-/m0/s1. The Labute approximate surface area is 99.8 Å². The number of esters is 1. The first-order valence-electron chi connectivity index (χ1n) is 5.42. The van der Waals surface area contributed by atoms with Crippen LogP contribution < -0.4 is 0 Å². The molecule has 1 aliphatic heterocycles. The number of hydrogen-bond donors (Lipinski definition) is 1. The minimum atomic E-state index is -0.964. The first kappa shape index (κ1) is 14.1. The zero-order valence-corrected chi connectivity index (χ0v) is 10.3. The lowest BCUT2D eigenvalue weighted by Crippen LogP contribution is -2.32. The maximum atomic E-state index is 11.4. The zero-order valence-electron chi connectivity index (χ0n) is 10.3. The van der Waals surface area contributed by atoms with Crippen LogP contribution in [-0.4, -0.2) is 48.6 Å². The molecule has 0 aliphatic carbocycles. The van der Waals surface area contributed by atoms with Crippen molar-refractivity contribution in [1.82, 2.24) is 0 Å². The van der Waals surface area contributed by atoms with Crippen molar-refractivity contribution in [2.24, 2.45) is 0 Å². The molecule has 0 aromatic rings. The third kappa shape index (κ3) is 4.41. The van der Waals surface area contributed by atoms with Crippen molar-refractivity contribution in [2.45, 2.75) is 44.7 Å². The number of aliphatic hydroxyl groups is 1. The molecule has 0 saturated carbocycles. The highest BCUT2D eigenvalue weighted by molar-refractivity contribution is 5.95. The molecule has 1 rings (SSSR count). The summed E-state index contributed by atoms with van der Waals surface area (Å²) in [5.74, 6) is -1.72. The molecular formula is C11H18O6. The summed E-state index contributed by atoms with van der Waals surface area (Å²) >= 11 is 0. The summed E-state index contributed by atoms with van der Waals surface area (Å²) in [6.45, 7) is 3.70. The van der Waals surface area contributed by atoms with Gasteiger partial charge in [0.05, 0.1) is 19.8 Å². The van der Waals surface area contributed by atoms with Gasteiger partial charge in [-0.15, -0.1) is 0 Å². The van der Waals surface area contributed by atoms with Crippen LogP contribution in [0.2, 0.25) is 0 Å². The molecule has 1 fully saturated rings. The van der Waals surface area contributed by atoms with Gasteiger partial charge in [0.2, 0.25) is 0 Å². The van der Waals surface area contributed by atoms with Crippen LogP contribution in [-0.2, 0) is 23.8 Å². The van der Waals surface area contributed by atoms with E-state index in [0.717, 1.165) is 0 Å². The van der Waals surface area contributed by atoms with E-state index in [1.165, 1.54) is 7.11 Å². The average Bonchev–Trinajstić information content (AvgIpc) is 2.58. The summed E-state index contributed by atoms with van der Waals surface area (Å²) in [6.07, 6.45) is -1.97. The number of hydrogen-bond acceptors (Lipinski definition) is 6. The Morgan fingerprint density at radius 1 is 1.53 bits per heavy atom. The quantitative estimate of drug-likeness (QED) is 0.544. The third-order valence-corrected chi connectivity index (χ3v) is 2.47. The second-order valence-corrected chi connectivity index (χ2v) is 4.43. The van der Waals surface area contributed by atoms with Crippen molar-refractivity contribution in [3.63, 3.8) is 0 Å². The number of Topliss-reactive ketones (excluding diaryl/α,β-unsaturated/α-hetero) is 1. The zero-order chi connectivity index (χ0) is 13.1. The minimum absolute atomic E-state index is 0.140. The van der Waals surface area contributed by atoms with Crippen molar-refractivity contribution in [3.8, 4) is 0 Å². The first-order chi connectivity index (χ1) is 7.84. The molecule has 0 spiro atoms. The summed E-state index contributed by atoms with van der Waals surface area (Å²) in [4.78, 5) is 22.2. The van der Waals surface area contributed by atoms with Gasteiger partial charge in [-0.05, 0) is 13.8 Å². The van der Waals surface area contributed by atoms with Gasteiger partial charge in [0.25, 0.3) is 0 Å². The molecule has 6 nitrogen and oxygen atoms in total. The van der Waals surface area contributed by atoms with E-state index in [-0.39, 0.29) is 25.2 Å². The Bertz CT molecular complexity index is 298. The number of carbonyl (C=O) groups is 2. The Morgan fingerprint density at radius 3 is 2.65 bits per heavy atom. The molecule has 1 aliphatic rings. The van der Waals surface area contributed by atoms with Crippen molar-refractivity contribution in [2.75, 3.05) is 13.7 Å². The summed E-state index contributed by atoms with van der Waals surface area (Å²) < 4.78 is 15.0. The summed E-state index contributed by atoms with van der Waals surface area (Å²) in [7, 11) is 1.21. The largest absolute Gasteiger partial charge is 0.469 e. The fraction of sp³-hybridized carbons (Fsp3) is 0.818. The van der Waals surface area contributed by atoms with Gasteiger partial charge in [-0.2, -0.15) is 0 Å². The van der Waals surface area contributed by atoms with Crippen molar-refractivity contribution >= 4 is 11.8 Å². The van der Waals surface area contributed by atoms with Gasteiger partial charge in [-0.1, -0.05) is 0 Å². The van der Waals surface area contributed by atoms with Crippen LogP contribution in [0.1, 0.15) is 26.7 Å². The highest BCUT2D eigenvalue weighted by atomic mass is 16.7. The number of ether oxygens (including phenoxy) is 3. The summed E-state index contributed by atoms with van der Waals surface area (Å²) in [6, 6.07) is 0. The van der Waals surface area contributed by atoms with Gasteiger partial charge in [0, 0.05) is 6.42 Å². The van der Waals surface area contributed by atoms with Gasteiger partial charge >= 0.3 is 5.97 Å². The highest BCUT2D eigenvalue weighted by Gasteiger charge is 2.37. The molecule has 0 amide bonds. The van der Waals surface area contributed by atoms with Crippen molar-refractivity contribution < 1.29 is 28.9 Å². The lowest BCUT2D eigenvalue weighted by Gasteiger charge is -2.19. The Morgan fingerprint density at radius 2 is 2.18 bits per heavy atom. The van der Waals surface area contributed by atoms with Crippen molar-refractivity contribution in [3.05, 3.63) is 0 Å². The summed E-state index contributed by atoms with van der Waals surface area (Å²) in [5.41, 5.74) is 0. The second kappa shape index (κ2) is 5.57. The molecule has 0 aromatic heterocycles. The lowest BCUT2D eigenvalue weighted by molar-refractivity contribution is -0.154. The molecule has 0 aromatic carbocycles. The molecule has 1 unspecified atom stereocenters. The van der Waals surface area contributed by atoms with Crippen LogP contribution in [0.15, 0.2) is 0 Å². The molecule has 17 heavy (non-hydrogen) atoms. The Kier molecular flexibility index (Phi) is 4.62. The molecule has 0 bridgehead atoms. The molecule has 0 radical (unpaired) electrons.